The molecular weight excluding hydrogens is 455 g/mol. The number of nitrogens with zero attached hydrogens (tertiary/aromatic N) is 2. The number of anilines is 1. The summed E-state index contributed by atoms with van der Waals surface area (Å²) in [6.07, 6.45) is 2.06. The van der Waals surface area contributed by atoms with Gasteiger partial charge in [0.2, 0.25) is 5.91 Å². The van der Waals surface area contributed by atoms with Crippen molar-refractivity contribution in [3.8, 4) is 0 Å². The smallest absolute Gasteiger partial charge is 0.242 e. The third-order valence-corrected chi connectivity index (χ3v) is 6.83. The van der Waals surface area contributed by atoms with E-state index in [9.17, 15) is 13.4 Å². The first kappa shape index (κ1) is 18.9. The van der Waals surface area contributed by atoms with Crippen LogP contribution in [0.3, 0.4) is 0 Å². The van der Waals surface area contributed by atoms with Crippen molar-refractivity contribution in [3.05, 3.63) is 44.0 Å². The van der Waals surface area contributed by atoms with Gasteiger partial charge in [0, 0.05) is 12.7 Å². The third-order valence-electron chi connectivity index (χ3n) is 3.69. The van der Waals surface area contributed by atoms with E-state index in [1.807, 2.05) is 0 Å². The Morgan fingerprint density at radius 1 is 1.60 bits per heavy atom. The summed E-state index contributed by atoms with van der Waals surface area (Å²) in [7, 11) is 1.60. The molecular formula is C14H13BrClFN4O2S2. The molecule has 0 radical (unpaired) electrons. The van der Waals surface area contributed by atoms with Crippen LogP contribution in [0.15, 0.2) is 28.2 Å². The van der Waals surface area contributed by atoms with Crippen molar-refractivity contribution in [2.45, 2.75) is 18.5 Å². The average molecular weight is 468 g/mol. The zero-order valence-electron chi connectivity index (χ0n) is 12.8. The lowest BCUT2D eigenvalue weighted by Crippen LogP contribution is -2.53. The van der Waals surface area contributed by atoms with Gasteiger partial charge >= 0.3 is 0 Å². The molecule has 6 nitrogen and oxygen atoms in total. The molecule has 1 aliphatic rings. The summed E-state index contributed by atoms with van der Waals surface area (Å²) >= 11 is 8.96. The van der Waals surface area contributed by atoms with E-state index >= 15 is 0 Å². The number of rotatable bonds is 3. The van der Waals surface area contributed by atoms with Crippen molar-refractivity contribution in [2.24, 2.45) is 0 Å². The summed E-state index contributed by atoms with van der Waals surface area (Å²) in [5.74, 6) is -0.908. The Morgan fingerprint density at radius 2 is 2.36 bits per heavy atom. The van der Waals surface area contributed by atoms with Gasteiger partial charge in [0.15, 0.2) is 11.2 Å². The van der Waals surface area contributed by atoms with Crippen molar-refractivity contribution in [1.29, 1.82) is 0 Å². The van der Waals surface area contributed by atoms with Gasteiger partial charge in [-0.05, 0) is 40.5 Å². The van der Waals surface area contributed by atoms with Gasteiger partial charge in [0.05, 0.1) is 21.0 Å². The maximum absolute atomic E-state index is 13.2. The van der Waals surface area contributed by atoms with Crippen LogP contribution in [0.25, 0.3) is 0 Å². The lowest BCUT2D eigenvalue weighted by Gasteiger charge is -2.34. The van der Waals surface area contributed by atoms with Crippen LogP contribution in [0, 0.1) is 5.82 Å². The quantitative estimate of drug-likeness (QED) is 0.728. The zero-order valence-corrected chi connectivity index (χ0v) is 16.8. The van der Waals surface area contributed by atoms with Gasteiger partial charge in [-0.15, -0.1) is 11.3 Å². The van der Waals surface area contributed by atoms with Gasteiger partial charge in [-0.3, -0.25) is 4.79 Å². The Bertz CT molecular complexity index is 837. The van der Waals surface area contributed by atoms with Gasteiger partial charge in [-0.2, -0.15) is 0 Å². The minimum atomic E-state index is -1.54. The number of carbonyl (C=O) groups is 1. The van der Waals surface area contributed by atoms with Crippen molar-refractivity contribution >= 4 is 61.6 Å². The number of hydrogen-bond donors (Lipinski definition) is 2. The monoisotopic (exact) mass is 466 g/mol. The Morgan fingerprint density at radius 3 is 3.00 bits per heavy atom. The predicted octanol–water partition coefficient (Wildman–Crippen LogP) is 3.25. The van der Waals surface area contributed by atoms with E-state index in [4.69, 9.17) is 11.6 Å². The molecule has 25 heavy (non-hydrogen) atoms. The molecule has 0 spiro atoms. The van der Waals surface area contributed by atoms with Crippen LogP contribution >= 0.6 is 38.9 Å². The molecule has 134 valence electrons. The lowest BCUT2D eigenvalue weighted by molar-refractivity contribution is -0.120. The first-order valence-corrected chi connectivity index (χ1v) is 10.2. The summed E-state index contributed by atoms with van der Waals surface area (Å²) in [5, 5.41) is 3.36. The molecule has 2 heterocycles. The fourth-order valence-electron chi connectivity index (χ4n) is 2.39. The fourth-order valence-corrected chi connectivity index (χ4v) is 4.98. The van der Waals surface area contributed by atoms with Crippen LogP contribution in [0.5, 0.6) is 0 Å². The van der Waals surface area contributed by atoms with Gasteiger partial charge in [-0.1, -0.05) is 11.6 Å². The largest absolute Gasteiger partial charge is 0.325 e. The van der Waals surface area contributed by atoms with Gasteiger partial charge in [0.1, 0.15) is 16.9 Å². The highest BCUT2D eigenvalue weighted by Crippen LogP contribution is 2.31. The molecule has 1 aromatic heterocycles. The van der Waals surface area contributed by atoms with E-state index in [0.717, 1.165) is 8.79 Å². The van der Waals surface area contributed by atoms with Crippen LogP contribution in [0.1, 0.15) is 17.5 Å². The topological polar surface area (TPSA) is 74.3 Å². The van der Waals surface area contributed by atoms with Crippen molar-refractivity contribution in [3.63, 3.8) is 0 Å². The Kier molecular flexibility index (Phi) is 5.86. The number of hydrogen-bond acceptors (Lipinski definition) is 4. The number of carbonyl (C=O) groups excluding carboxylic acids is 1. The van der Waals surface area contributed by atoms with Crippen LogP contribution in [-0.4, -0.2) is 32.5 Å². The number of benzene rings is 1. The van der Waals surface area contributed by atoms with Crippen LogP contribution < -0.4 is 10.0 Å². The van der Waals surface area contributed by atoms with E-state index in [2.05, 4.69) is 31.0 Å². The summed E-state index contributed by atoms with van der Waals surface area (Å²) in [6, 6.07) is 2.99. The Balaban J connectivity index is 1.77. The Hall–Kier alpha value is -0.910. The zero-order chi connectivity index (χ0) is 18.1. The Labute approximate surface area is 163 Å². The number of thiazole rings is 1. The number of nitrogens with one attached hydrogen (secondary N) is 2. The van der Waals surface area contributed by atoms with E-state index in [0.29, 0.717) is 12.1 Å². The second-order valence-corrected chi connectivity index (χ2v) is 9.50. The van der Waals surface area contributed by atoms with Gasteiger partial charge in [0.25, 0.3) is 0 Å². The van der Waals surface area contributed by atoms with Crippen molar-refractivity contribution < 1.29 is 13.4 Å². The third kappa shape index (κ3) is 4.26. The predicted molar refractivity (Wildman–Crippen MR) is 100 cm³/mol. The van der Waals surface area contributed by atoms with E-state index in [-0.39, 0.29) is 17.0 Å². The van der Waals surface area contributed by atoms with E-state index in [1.54, 1.807) is 13.2 Å². The maximum Gasteiger partial charge on any atom is 0.242 e. The van der Waals surface area contributed by atoms with Crippen molar-refractivity contribution in [1.82, 2.24) is 14.0 Å². The standard InChI is InChI=1S/C14H13BrClFN4O2S2/c1-21-11(13(22)19-7-2-3-9(17)8(16)4-7)5-10(20-25(21)23)14-18-6-12(15)24-14/h2-4,6,10-11,20H,5H2,1H3,(H,19,22). The van der Waals surface area contributed by atoms with Gasteiger partial charge in [-0.25, -0.2) is 22.6 Å². The molecule has 3 rings (SSSR count). The second-order valence-electron chi connectivity index (χ2n) is 5.34. The molecule has 1 aromatic carbocycles. The molecule has 3 atom stereocenters. The number of amides is 1. The first-order valence-electron chi connectivity index (χ1n) is 7.13. The molecule has 2 N–H and O–H groups in total. The van der Waals surface area contributed by atoms with Crippen molar-refractivity contribution in [2.75, 3.05) is 12.4 Å². The summed E-state index contributed by atoms with van der Waals surface area (Å²) in [6.45, 7) is 0. The molecule has 0 bridgehead atoms. The minimum Gasteiger partial charge on any atom is -0.325 e. The van der Waals surface area contributed by atoms with Crippen LogP contribution in [0.4, 0.5) is 10.1 Å². The summed E-state index contributed by atoms with van der Waals surface area (Å²) in [5.41, 5.74) is 0.377. The molecule has 0 saturated carbocycles. The highest BCUT2D eigenvalue weighted by atomic mass is 79.9. The minimum absolute atomic E-state index is 0.0782. The molecule has 3 unspecified atom stereocenters. The number of halogens is 3. The number of likely N-dealkylation sites (N-methyl/N-ethyl adjacent to an activating group) is 1. The molecule has 2 aromatic rings. The maximum atomic E-state index is 13.2. The molecule has 0 aliphatic carbocycles. The molecule has 1 amide bonds. The second kappa shape index (κ2) is 7.77. The molecule has 11 heteroatoms. The summed E-state index contributed by atoms with van der Waals surface area (Å²) < 4.78 is 30.8. The van der Waals surface area contributed by atoms with Crippen LogP contribution in [-0.2, 0) is 16.0 Å². The summed E-state index contributed by atoms with van der Waals surface area (Å²) in [4.78, 5) is 16.9. The molecule has 1 fully saturated rings. The highest BCUT2D eigenvalue weighted by Gasteiger charge is 2.37. The molecule has 1 aliphatic heterocycles. The lowest BCUT2D eigenvalue weighted by atomic mass is 10.1. The van der Waals surface area contributed by atoms with E-state index in [1.165, 1.54) is 33.8 Å². The van der Waals surface area contributed by atoms with Crippen LogP contribution in [0.2, 0.25) is 5.02 Å². The highest BCUT2D eigenvalue weighted by molar-refractivity contribution is 9.11. The van der Waals surface area contributed by atoms with Gasteiger partial charge < -0.3 is 5.32 Å². The average Bonchev–Trinajstić information content (AvgIpc) is 3.00. The first-order chi connectivity index (χ1) is 11.8. The molecule has 1 saturated heterocycles. The van der Waals surface area contributed by atoms with E-state index < -0.39 is 23.0 Å². The normalized spacial score (nSPS) is 24.2. The fraction of sp³-hybridized carbons (Fsp3) is 0.286. The SMILES string of the molecule is CN1C(C(=O)Nc2ccc(F)c(Cl)c2)CC(c2ncc(Br)s2)NS1=O. The number of aromatic nitrogens is 1.